The van der Waals surface area contributed by atoms with Gasteiger partial charge in [-0.15, -0.1) is 0 Å². The second-order valence-corrected chi connectivity index (χ2v) is 6.41. The molecule has 1 unspecified atom stereocenters. The van der Waals surface area contributed by atoms with Crippen LogP contribution in [-0.2, 0) is 19.6 Å². The van der Waals surface area contributed by atoms with E-state index in [0.717, 1.165) is 30.8 Å². The average Bonchev–Trinajstić information content (AvgIpc) is 3.13. The van der Waals surface area contributed by atoms with Crippen LogP contribution in [0.1, 0.15) is 22.5 Å². The number of nitrogens with one attached hydrogen (secondary N) is 1. The minimum atomic E-state index is -1.12. The van der Waals surface area contributed by atoms with Crippen molar-refractivity contribution >= 4 is 6.09 Å². The Morgan fingerprint density at radius 1 is 1.50 bits per heavy atom. The van der Waals surface area contributed by atoms with Gasteiger partial charge in [0.25, 0.3) is 0 Å². The first kappa shape index (κ1) is 18.2. The number of ether oxygens (including phenoxy) is 1. The van der Waals surface area contributed by atoms with Gasteiger partial charge >= 0.3 is 6.09 Å². The molecule has 1 amide bonds. The van der Waals surface area contributed by atoms with Crippen LogP contribution in [0.5, 0.6) is 5.75 Å². The van der Waals surface area contributed by atoms with Crippen LogP contribution in [0.2, 0.25) is 0 Å². The zero-order valence-corrected chi connectivity index (χ0v) is 14.6. The van der Waals surface area contributed by atoms with Crippen LogP contribution in [0, 0.1) is 6.92 Å². The summed E-state index contributed by atoms with van der Waals surface area (Å²) in [6, 6.07) is 4.00. The van der Waals surface area contributed by atoms with E-state index in [2.05, 4.69) is 22.1 Å². The molecular weight excluding hydrogens is 338 g/mol. The van der Waals surface area contributed by atoms with Gasteiger partial charge in [0.2, 0.25) is 0 Å². The lowest BCUT2D eigenvalue weighted by Gasteiger charge is -2.31. The maximum atomic E-state index is 10.5. The van der Waals surface area contributed by atoms with E-state index in [4.69, 9.17) is 14.3 Å². The fourth-order valence-corrected chi connectivity index (χ4v) is 3.22. The van der Waals surface area contributed by atoms with Crippen molar-refractivity contribution in [3.63, 3.8) is 0 Å². The maximum absolute atomic E-state index is 10.5. The van der Waals surface area contributed by atoms with Gasteiger partial charge in [0.05, 0.1) is 12.3 Å². The summed E-state index contributed by atoms with van der Waals surface area (Å²) in [6.45, 7) is 4.39. The Kier molecular flexibility index (Phi) is 5.75. The Morgan fingerprint density at radius 3 is 3.08 bits per heavy atom. The molecule has 0 spiro atoms. The third-order valence-electron chi connectivity index (χ3n) is 4.53. The van der Waals surface area contributed by atoms with Gasteiger partial charge in [0, 0.05) is 26.2 Å². The van der Waals surface area contributed by atoms with Crippen molar-refractivity contribution in [3.8, 4) is 5.75 Å². The topological polar surface area (TPSA) is 108 Å². The number of aromatic nitrogens is 1. The Balaban J connectivity index is 1.59. The van der Waals surface area contributed by atoms with Gasteiger partial charge in [-0.25, -0.2) is 9.78 Å². The molecule has 2 aromatic rings. The van der Waals surface area contributed by atoms with Crippen LogP contribution in [0.25, 0.3) is 0 Å². The Bertz CT molecular complexity index is 748. The van der Waals surface area contributed by atoms with Crippen LogP contribution in [0.4, 0.5) is 4.79 Å². The fraction of sp³-hybridized carbons (Fsp3) is 0.444. The van der Waals surface area contributed by atoms with Crippen LogP contribution < -0.4 is 10.1 Å². The summed E-state index contributed by atoms with van der Waals surface area (Å²) in [7, 11) is 0. The first-order chi connectivity index (χ1) is 12.5. The standard InChI is InChI=1S/C18H23N3O5/c1-12-16-4-5-21(9-14(22)6-20-18(23)24)8-13(16)2-3-17(12)25-10-15-7-19-11-26-15/h2-3,7,11,14,20,22H,4-6,8-10H2,1H3,(H,23,24). The number of hydrogen-bond donors (Lipinski definition) is 3. The second-order valence-electron chi connectivity index (χ2n) is 6.41. The number of amides is 1. The van der Waals surface area contributed by atoms with Crippen LogP contribution in [-0.4, -0.2) is 51.9 Å². The lowest BCUT2D eigenvalue weighted by molar-refractivity contribution is 0.102. The highest BCUT2D eigenvalue weighted by molar-refractivity contribution is 5.64. The van der Waals surface area contributed by atoms with Crippen molar-refractivity contribution in [1.29, 1.82) is 0 Å². The van der Waals surface area contributed by atoms with Crippen molar-refractivity contribution in [3.05, 3.63) is 47.2 Å². The van der Waals surface area contributed by atoms with Crippen molar-refractivity contribution < 1.29 is 24.2 Å². The molecule has 2 heterocycles. The second kappa shape index (κ2) is 8.20. The van der Waals surface area contributed by atoms with Gasteiger partial charge in [0.1, 0.15) is 12.4 Å². The van der Waals surface area contributed by atoms with E-state index in [-0.39, 0.29) is 6.54 Å². The highest BCUT2D eigenvalue weighted by Crippen LogP contribution is 2.29. The number of β-amino-alcohol motifs (C(OH)–C–C–N with tert-alkyl or cyclic N) is 1. The quantitative estimate of drug-likeness (QED) is 0.686. The molecule has 1 aliphatic rings. The van der Waals surface area contributed by atoms with E-state index in [1.54, 1.807) is 6.20 Å². The molecule has 0 fully saturated rings. The summed E-state index contributed by atoms with van der Waals surface area (Å²) >= 11 is 0. The zero-order valence-electron chi connectivity index (χ0n) is 14.6. The van der Waals surface area contributed by atoms with Gasteiger partial charge < -0.3 is 24.7 Å². The zero-order chi connectivity index (χ0) is 18.5. The molecule has 0 bridgehead atoms. The molecule has 0 radical (unpaired) electrons. The number of aliphatic hydroxyl groups excluding tert-OH is 1. The van der Waals surface area contributed by atoms with Gasteiger partial charge in [-0.3, -0.25) is 4.90 Å². The molecule has 8 nitrogen and oxygen atoms in total. The lowest BCUT2D eigenvalue weighted by Crippen LogP contribution is -2.41. The van der Waals surface area contributed by atoms with Crippen LogP contribution >= 0.6 is 0 Å². The molecule has 1 atom stereocenters. The van der Waals surface area contributed by atoms with Crippen molar-refractivity contribution in [2.45, 2.75) is 32.6 Å². The predicted octanol–water partition coefficient (Wildman–Crippen LogP) is 1.55. The van der Waals surface area contributed by atoms with Gasteiger partial charge in [0.15, 0.2) is 12.2 Å². The molecule has 1 aliphatic heterocycles. The average molecular weight is 361 g/mol. The van der Waals surface area contributed by atoms with E-state index in [1.165, 1.54) is 17.5 Å². The molecule has 8 heteroatoms. The lowest BCUT2D eigenvalue weighted by atomic mass is 9.94. The monoisotopic (exact) mass is 361 g/mol. The number of nitrogens with zero attached hydrogens (tertiary/aromatic N) is 2. The first-order valence-electron chi connectivity index (χ1n) is 8.51. The third kappa shape index (κ3) is 4.53. The molecule has 3 rings (SSSR count). The maximum Gasteiger partial charge on any atom is 0.404 e. The Labute approximate surface area is 151 Å². The number of benzene rings is 1. The SMILES string of the molecule is Cc1c(OCc2cnco2)ccc2c1CCN(CC(O)CNC(=O)O)C2. The molecule has 3 N–H and O–H groups in total. The van der Waals surface area contributed by atoms with Gasteiger partial charge in [-0.2, -0.15) is 0 Å². The normalized spacial score (nSPS) is 15.3. The van der Waals surface area contributed by atoms with Gasteiger partial charge in [-0.1, -0.05) is 6.07 Å². The summed E-state index contributed by atoms with van der Waals surface area (Å²) in [5.41, 5.74) is 3.60. The number of aliphatic hydroxyl groups is 1. The molecule has 140 valence electrons. The summed E-state index contributed by atoms with van der Waals surface area (Å²) in [6.07, 6.45) is 2.03. The van der Waals surface area contributed by atoms with E-state index < -0.39 is 12.2 Å². The highest BCUT2D eigenvalue weighted by atomic mass is 16.5. The van der Waals surface area contributed by atoms with E-state index in [9.17, 15) is 9.90 Å². The highest BCUT2D eigenvalue weighted by Gasteiger charge is 2.21. The number of carboxylic acid groups (broad SMARTS) is 1. The molecule has 26 heavy (non-hydrogen) atoms. The van der Waals surface area contributed by atoms with Crippen molar-refractivity contribution in [2.24, 2.45) is 0 Å². The minimum absolute atomic E-state index is 0.0339. The third-order valence-corrected chi connectivity index (χ3v) is 4.53. The number of carbonyl (C=O) groups is 1. The summed E-state index contributed by atoms with van der Waals surface area (Å²) in [4.78, 5) is 16.5. The Hall–Kier alpha value is -2.58. The molecule has 0 saturated carbocycles. The molecular formula is C18H23N3O5. The van der Waals surface area contributed by atoms with Crippen LogP contribution in [0.3, 0.4) is 0 Å². The summed E-state index contributed by atoms with van der Waals surface area (Å²) in [5.74, 6) is 1.51. The van der Waals surface area contributed by atoms with Crippen molar-refractivity contribution in [1.82, 2.24) is 15.2 Å². The summed E-state index contributed by atoms with van der Waals surface area (Å²) in [5, 5.41) is 20.8. The number of oxazole rings is 1. The van der Waals surface area contributed by atoms with Crippen LogP contribution in [0.15, 0.2) is 29.1 Å². The number of fused-ring (bicyclic) bond motifs is 1. The number of rotatable bonds is 7. The summed E-state index contributed by atoms with van der Waals surface area (Å²) < 4.78 is 11.0. The Morgan fingerprint density at radius 2 is 2.35 bits per heavy atom. The smallest absolute Gasteiger partial charge is 0.404 e. The van der Waals surface area contributed by atoms with E-state index in [0.29, 0.717) is 18.9 Å². The number of hydrogen-bond acceptors (Lipinski definition) is 6. The van der Waals surface area contributed by atoms with Gasteiger partial charge in [-0.05, 0) is 36.1 Å². The largest absolute Gasteiger partial charge is 0.485 e. The van der Waals surface area contributed by atoms with E-state index in [1.807, 2.05) is 12.1 Å². The first-order valence-corrected chi connectivity index (χ1v) is 8.51. The molecule has 0 saturated heterocycles. The molecule has 0 aliphatic carbocycles. The molecule has 1 aromatic heterocycles. The fourth-order valence-electron chi connectivity index (χ4n) is 3.22. The molecule has 1 aromatic carbocycles. The predicted molar refractivity (Wildman–Crippen MR) is 93.0 cm³/mol. The van der Waals surface area contributed by atoms with Crippen molar-refractivity contribution in [2.75, 3.05) is 19.6 Å². The van der Waals surface area contributed by atoms with E-state index >= 15 is 0 Å². The minimum Gasteiger partial charge on any atom is -0.485 e.